The molecule has 0 aliphatic heterocycles. The van der Waals surface area contributed by atoms with Crippen molar-refractivity contribution in [2.24, 2.45) is 28.6 Å². The van der Waals surface area contributed by atoms with Gasteiger partial charge in [-0.1, -0.05) is 26.8 Å². The molecule has 1 unspecified atom stereocenters. The number of carbonyl (C=O) groups excluding carboxylic acids is 4. The first-order chi connectivity index (χ1) is 17.0. The molecule has 0 aromatic carbocycles. The second-order valence-corrected chi connectivity index (χ2v) is 11.2. The summed E-state index contributed by atoms with van der Waals surface area (Å²) in [5, 5.41) is 10.6. The Balaban J connectivity index is 1.85. The number of fused-ring (bicyclic) bond motifs is 5. The van der Waals surface area contributed by atoms with Gasteiger partial charge in [0.25, 0.3) is 0 Å². The van der Waals surface area contributed by atoms with Crippen LogP contribution in [0.3, 0.4) is 0 Å². The van der Waals surface area contributed by atoms with Crippen LogP contribution in [-0.2, 0) is 23.9 Å². The third-order valence-corrected chi connectivity index (χ3v) is 9.61. The van der Waals surface area contributed by atoms with Crippen molar-refractivity contribution in [1.82, 2.24) is 0 Å². The number of hydrogen-bond acceptors (Lipinski definition) is 7. The molecule has 1 N–H and O–H groups in total. The van der Waals surface area contributed by atoms with Crippen LogP contribution in [0, 0.1) is 28.6 Å². The minimum atomic E-state index is -2.69. The van der Waals surface area contributed by atoms with Gasteiger partial charge in [-0.25, -0.2) is 8.78 Å². The molecule has 3 fully saturated rings. The summed E-state index contributed by atoms with van der Waals surface area (Å²) in [5.74, 6) is -4.74. The number of rotatable bonds is 4. The number of halogens is 2. The molecule has 4 aliphatic carbocycles. The van der Waals surface area contributed by atoms with Crippen LogP contribution in [-0.4, -0.2) is 51.1 Å². The molecule has 0 radical (unpaired) electrons. The first kappa shape index (κ1) is 21.4. The van der Waals surface area contributed by atoms with Gasteiger partial charge >= 0.3 is 5.97 Å². The number of hydrogen-bond donors (Lipinski definition) is 1. The van der Waals surface area contributed by atoms with E-state index < -0.39 is 87.9 Å². The molecule has 0 saturated heterocycles. The zero-order valence-electron chi connectivity index (χ0n) is 22.2. The van der Waals surface area contributed by atoms with Gasteiger partial charge in [0.05, 0.1) is 11.5 Å². The highest BCUT2D eigenvalue weighted by Crippen LogP contribution is 2.71. The van der Waals surface area contributed by atoms with Crippen LogP contribution >= 0.6 is 11.8 Å². The molecule has 0 bridgehead atoms. The number of allylic oxidation sites excluding steroid dienone is 4. The fourth-order valence-corrected chi connectivity index (χ4v) is 8.22. The van der Waals surface area contributed by atoms with Crippen molar-refractivity contribution >= 4 is 34.4 Å². The monoisotopic (exact) mass is 499 g/mol. The number of ketones is 2. The van der Waals surface area contributed by atoms with Crippen molar-refractivity contribution in [2.75, 3.05) is 6.01 Å². The van der Waals surface area contributed by atoms with Crippen molar-refractivity contribution in [2.45, 2.75) is 70.7 Å². The predicted molar refractivity (Wildman–Crippen MR) is 121 cm³/mol. The minimum absolute atomic E-state index is 0.0214. The third-order valence-electron chi connectivity index (χ3n) is 8.93. The molecule has 4 rings (SSSR count). The van der Waals surface area contributed by atoms with Crippen molar-refractivity contribution in [3.8, 4) is 0 Å². The summed E-state index contributed by atoms with van der Waals surface area (Å²) in [6, 6.07) is -1.13. The van der Waals surface area contributed by atoms with Gasteiger partial charge in [0.1, 0.15) is 6.01 Å². The Morgan fingerprint density at radius 1 is 1.32 bits per heavy atom. The summed E-state index contributed by atoms with van der Waals surface area (Å²) in [7, 11) is 0. The summed E-state index contributed by atoms with van der Waals surface area (Å²) in [6.07, 6.45) is 0.253. The number of alkyl halides is 2. The van der Waals surface area contributed by atoms with E-state index in [0.717, 1.165) is 6.08 Å². The molecule has 186 valence electrons. The highest BCUT2D eigenvalue weighted by atomic mass is 32.2. The standard InChI is InChI=1S/C25H30F2O6S/c1-5-20(31)33-25(21(32)34-12-26)13(2)8-15-16-10-18(29)17-9-14(28)6-7-22(17,3)24(16,27)19(30)11-23(15,25)4/h6-7,9,13,15-16,19,30H,5,8,10-12H2,1-4H3/t13-,15+,16+,19+,22+,23+,24+,25?/m1/s1/i1D3. The molecule has 0 aromatic rings. The zero-order valence-corrected chi connectivity index (χ0v) is 20.0. The fourth-order valence-electron chi connectivity index (χ4n) is 7.43. The van der Waals surface area contributed by atoms with Gasteiger partial charge in [0, 0.05) is 39.8 Å². The van der Waals surface area contributed by atoms with E-state index in [1.54, 1.807) is 13.8 Å². The summed E-state index contributed by atoms with van der Waals surface area (Å²) in [6.45, 7) is 1.92. The number of thioether (sulfide) groups is 1. The lowest BCUT2D eigenvalue weighted by molar-refractivity contribution is -0.223. The molecule has 0 amide bonds. The summed E-state index contributed by atoms with van der Waals surface area (Å²) < 4.78 is 58.6. The third kappa shape index (κ3) is 2.95. The van der Waals surface area contributed by atoms with Gasteiger partial charge in [-0.15, -0.1) is 0 Å². The molecular weight excluding hydrogens is 466 g/mol. The van der Waals surface area contributed by atoms with E-state index in [-0.39, 0.29) is 36.6 Å². The quantitative estimate of drug-likeness (QED) is 0.590. The van der Waals surface area contributed by atoms with E-state index >= 15 is 4.39 Å². The molecule has 0 spiro atoms. The lowest BCUT2D eigenvalue weighted by atomic mass is 9.44. The number of aliphatic hydroxyl groups is 1. The van der Waals surface area contributed by atoms with Crippen molar-refractivity contribution in [3.63, 3.8) is 0 Å². The Labute approximate surface area is 205 Å². The molecular formula is C25H30F2O6S. The van der Waals surface area contributed by atoms with Crippen LogP contribution < -0.4 is 0 Å². The molecule has 0 heterocycles. The normalized spacial score (nSPS) is 46.9. The van der Waals surface area contributed by atoms with E-state index in [2.05, 4.69) is 0 Å². The summed E-state index contributed by atoms with van der Waals surface area (Å²) in [5.41, 5.74) is -7.49. The number of ether oxygens (including phenoxy) is 1. The van der Waals surface area contributed by atoms with Crippen LogP contribution in [0.1, 0.15) is 57.4 Å². The van der Waals surface area contributed by atoms with E-state index in [1.165, 1.54) is 19.1 Å². The number of aliphatic hydroxyl groups excluding tert-OH is 1. The van der Waals surface area contributed by atoms with E-state index in [1.807, 2.05) is 0 Å². The maximum absolute atomic E-state index is 17.3. The molecule has 3 saturated carbocycles. The molecule has 9 heteroatoms. The molecule has 0 aromatic heterocycles. The van der Waals surface area contributed by atoms with Gasteiger partial charge < -0.3 is 9.84 Å². The van der Waals surface area contributed by atoms with Crippen molar-refractivity contribution in [3.05, 3.63) is 23.8 Å². The van der Waals surface area contributed by atoms with Gasteiger partial charge in [-0.2, -0.15) is 0 Å². The van der Waals surface area contributed by atoms with E-state index in [9.17, 15) is 28.7 Å². The lowest BCUT2D eigenvalue weighted by Crippen LogP contribution is -2.70. The first-order valence-electron chi connectivity index (χ1n) is 12.8. The van der Waals surface area contributed by atoms with E-state index in [4.69, 9.17) is 8.85 Å². The Morgan fingerprint density at radius 3 is 2.68 bits per heavy atom. The maximum Gasteiger partial charge on any atom is 0.306 e. The summed E-state index contributed by atoms with van der Waals surface area (Å²) in [4.78, 5) is 51.5. The number of Topliss-reactive ketones (excluding diaryl/α,β-unsaturated/α-hetero) is 1. The Kier molecular flexibility index (Phi) is 5.09. The largest absolute Gasteiger partial charge is 0.449 e. The second-order valence-electron chi connectivity index (χ2n) is 10.3. The number of esters is 1. The lowest BCUT2D eigenvalue weighted by Gasteiger charge is -2.62. The SMILES string of the molecule is [2H]C([2H])([2H])CC(=O)OC1(C(=O)SCF)[C@H](C)C[C@H]2[C@@H]3CC(=O)C4=CC(=O)C=C[C@]4(C)[C@@]3(F)[C@@H](O)C[C@@]21C. The average molecular weight is 500 g/mol. The summed E-state index contributed by atoms with van der Waals surface area (Å²) >= 11 is 0.270. The van der Waals surface area contributed by atoms with Crippen LogP contribution in [0.25, 0.3) is 0 Å². The predicted octanol–water partition coefficient (Wildman–Crippen LogP) is 3.66. The van der Waals surface area contributed by atoms with Crippen LogP contribution in [0.4, 0.5) is 8.78 Å². The zero-order chi connectivity index (χ0) is 27.8. The van der Waals surface area contributed by atoms with Crippen molar-refractivity contribution < 1.29 is 41.9 Å². The molecule has 34 heavy (non-hydrogen) atoms. The van der Waals surface area contributed by atoms with Crippen LogP contribution in [0.15, 0.2) is 23.8 Å². The van der Waals surface area contributed by atoms with Gasteiger partial charge in [-0.05, 0) is 49.6 Å². The van der Waals surface area contributed by atoms with Gasteiger partial charge in [-0.3, -0.25) is 19.2 Å². The fraction of sp³-hybridized carbons (Fsp3) is 0.680. The topological polar surface area (TPSA) is 97.7 Å². The molecule has 4 aliphatic rings. The molecule has 8 atom stereocenters. The van der Waals surface area contributed by atoms with Crippen LogP contribution in [0.5, 0.6) is 0 Å². The van der Waals surface area contributed by atoms with Crippen LogP contribution in [0.2, 0.25) is 0 Å². The molecule has 6 nitrogen and oxygen atoms in total. The Morgan fingerprint density at radius 2 is 2.03 bits per heavy atom. The smallest absolute Gasteiger partial charge is 0.306 e. The minimum Gasteiger partial charge on any atom is -0.449 e. The first-order valence-corrected chi connectivity index (χ1v) is 12.3. The Hall–Kier alpha value is -1.87. The van der Waals surface area contributed by atoms with Gasteiger partial charge in [0.2, 0.25) is 5.12 Å². The highest BCUT2D eigenvalue weighted by Gasteiger charge is 2.78. The maximum atomic E-state index is 17.3. The van der Waals surface area contributed by atoms with E-state index in [0.29, 0.717) is 0 Å². The number of carbonyl (C=O) groups is 4. The Bertz CT molecular complexity index is 1120. The second kappa shape index (κ2) is 8.08. The average Bonchev–Trinajstić information content (AvgIpc) is 2.98. The van der Waals surface area contributed by atoms with Gasteiger partial charge in [0.15, 0.2) is 22.8 Å². The van der Waals surface area contributed by atoms with Crippen molar-refractivity contribution in [1.29, 1.82) is 0 Å². The highest BCUT2D eigenvalue weighted by molar-refractivity contribution is 8.13.